The Labute approximate surface area is 121 Å². The molecule has 0 atom stereocenters. The molecule has 0 saturated heterocycles. The molecule has 0 saturated carbocycles. The third-order valence-electron chi connectivity index (χ3n) is 3.18. The Morgan fingerprint density at radius 1 is 1.05 bits per heavy atom. The molecule has 0 aliphatic heterocycles. The first kappa shape index (κ1) is 16.7. The van der Waals surface area contributed by atoms with Crippen molar-refractivity contribution in [3.05, 3.63) is 29.8 Å². The van der Waals surface area contributed by atoms with Crippen molar-refractivity contribution in [1.29, 1.82) is 0 Å². The predicted molar refractivity (Wildman–Crippen MR) is 80.1 cm³/mol. The van der Waals surface area contributed by atoms with Gasteiger partial charge in [-0.2, -0.15) is 8.42 Å². The van der Waals surface area contributed by atoms with Gasteiger partial charge in [-0.05, 0) is 23.1 Å². The van der Waals surface area contributed by atoms with Gasteiger partial charge in [0.2, 0.25) is 0 Å². The van der Waals surface area contributed by atoms with Crippen LogP contribution < -0.4 is 0 Å². The number of hydrogen-bond acceptors (Lipinski definition) is 3. The van der Waals surface area contributed by atoms with Crippen LogP contribution in [-0.4, -0.2) is 22.9 Å². The normalized spacial score (nSPS) is 12.5. The first-order valence-electron chi connectivity index (χ1n) is 6.74. The lowest BCUT2D eigenvalue weighted by atomic mass is 9.87. The lowest BCUT2D eigenvalue weighted by Gasteiger charge is -2.19. The van der Waals surface area contributed by atoms with Crippen molar-refractivity contribution in [2.75, 3.05) is 0 Å². The highest BCUT2D eigenvalue weighted by molar-refractivity contribution is 7.87. The summed E-state index contributed by atoms with van der Waals surface area (Å²) < 4.78 is 29.6. The highest BCUT2D eigenvalue weighted by Crippen LogP contribution is 2.24. The average Bonchev–Trinajstić information content (AvgIpc) is 2.35. The molecule has 0 aromatic heterocycles. The molecule has 5 heteroatoms. The maximum absolute atomic E-state index is 12.1. The van der Waals surface area contributed by atoms with Gasteiger partial charge in [0.05, 0.1) is 4.90 Å². The molecular weight excluding hydrogens is 275 g/mol. The molecule has 19 heavy (non-hydrogen) atoms. The fourth-order valence-corrected chi connectivity index (χ4v) is 5.79. The Bertz CT molecular complexity index is 496. The van der Waals surface area contributed by atoms with Crippen LogP contribution in [-0.2, 0) is 18.8 Å². The van der Waals surface area contributed by atoms with Gasteiger partial charge in [0, 0.05) is 0 Å². The van der Waals surface area contributed by atoms with E-state index in [1.807, 2.05) is 26.0 Å². The van der Waals surface area contributed by atoms with Gasteiger partial charge in [-0.25, -0.2) is 0 Å². The Hall–Kier alpha value is -0.338. The number of hydrogen-bond donors (Lipinski definition) is 0. The zero-order valence-corrected chi connectivity index (χ0v) is 14.4. The minimum atomic E-state index is -3.58. The molecule has 106 valence electrons. The van der Waals surface area contributed by atoms with Gasteiger partial charge >= 0.3 is 14.5 Å². The molecule has 0 heterocycles. The van der Waals surface area contributed by atoms with Crippen LogP contribution in [0.1, 0.15) is 40.2 Å². The summed E-state index contributed by atoms with van der Waals surface area (Å²) in [6, 6.07) is 7.02. The second-order valence-corrected chi connectivity index (χ2v) is 10.8. The zero-order chi connectivity index (χ0) is 14.7. The third-order valence-corrected chi connectivity index (χ3v) is 7.96. The molecule has 0 N–H and O–H groups in total. The Morgan fingerprint density at radius 3 is 1.89 bits per heavy atom. The van der Waals surface area contributed by atoms with E-state index in [0.717, 1.165) is 16.1 Å². The molecule has 1 aromatic rings. The van der Waals surface area contributed by atoms with Crippen molar-refractivity contribution in [3.63, 3.8) is 0 Å². The Morgan fingerprint density at radius 2 is 1.53 bits per heavy atom. The van der Waals surface area contributed by atoms with Crippen LogP contribution in [0.2, 0.25) is 10.6 Å². The minimum absolute atomic E-state index is 0.0211. The van der Waals surface area contributed by atoms with Crippen molar-refractivity contribution in [3.8, 4) is 0 Å². The van der Waals surface area contributed by atoms with Crippen LogP contribution in [0.25, 0.3) is 0 Å². The fourth-order valence-electron chi connectivity index (χ4n) is 1.78. The van der Waals surface area contributed by atoms with Crippen LogP contribution in [0.5, 0.6) is 0 Å². The summed E-state index contributed by atoms with van der Waals surface area (Å²) in [4.78, 5) is 0.264. The SMILES string of the molecule is C[CH2][Al]([CH2]C)[O]S(=O)(=O)c1ccc(C(C)(C)C)cc1. The largest absolute Gasteiger partial charge is 0.484 e. The second kappa shape index (κ2) is 6.41. The van der Waals surface area contributed by atoms with Crippen molar-refractivity contribution < 1.29 is 11.7 Å². The second-order valence-electron chi connectivity index (χ2n) is 5.76. The molecule has 0 unspecified atom stereocenters. The molecule has 1 aromatic carbocycles. The standard InChI is InChI=1S/C10H14O3S.2C2H5.Al/c1-10(2,3)8-4-6-9(7-5-8)14(11,12)13;2*1-2;/h4-7H,1-3H3,(H,11,12,13);2*1H2,2H3;/q;;;+1/p-1. The monoisotopic (exact) mass is 298 g/mol. The molecule has 0 aliphatic rings. The summed E-state index contributed by atoms with van der Waals surface area (Å²) in [6.07, 6.45) is 0. The fraction of sp³-hybridized carbons (Fsp3) is 0.571. The van der Waals surface area contributed by atoms with Gasteiger partial charge in [-0.1, -0.05) is 57.3 Å². The van der Waals surface area contributed by atoms with Gasteiger partial charge < -0.3 is 3.23 Å². The van der Waals surface area contributed by atoms with Crippen LogP contribution in [0.4, 0.5) is 0 Å². The van der Waals surface area contributed by atoms with Crippen LogP contribution in [0.3, 0.4) is 0 Å². The number of rotatable bonds is 5. The van der Waals surface area contributed by atoms with Crippen molar-refractivity contribution in [2.45, 2.75) is 55.5 Å². The van der Waals surface area contributed by atoms with Gasteiger partial charge in [0.1, 0.15) is 0 Å². The van der Waals surface area contributed by atoms with E-state index in [-0.39, 0.29) is 10.3 Å². The predicted octanol–water partition coefficient (Wildman–Crippen LogP) is 3.72. The molecule has 0 amide bonds. The first-order chi connectivity index (χ1) is 8.70. The average molecular weight is 298 g/mol. The van der Waals surface area contributed by atoms with E-state index in [4.69, 9.17) is 3.23 Å². The summed E-state index contributed by atoms with van der Waals surface area (Å²) >= 11 is -1.62. The molecule has 0 fully saturated rings. The highest BCUT2D eigenvalue weighted by Gasteiger charge is 2.25. The summed E-state index contributed by atoms with van der Waals surface area (Å²) in [6.45, 7) is 10.3. The lowest BCUT2D eigenvalue weighted by Crippen LogP contribution is -2.21. The number of benzene rings is 1. The summed E-state index contributed by atoms with van der Waals surface area (Å²) in [5, 5.41) is 1.66. The molecular formula is C14H23AlO3S. The van der Waals surface area contributed by atoms with Crippen LogP contribution in [0, 0.1) is 0 Å². The zero-order valence-electron chi connectivity index (χ0n) is 12.4. The Balaban J connectivity index is 2.97. The molecule has 0 radical (unpaired) electrons. The first-order valence-corrected chi connectivity index (χ1v) is 10.3. The van der Waals surface area contributed by atoms with Crippen LogP contribution in [0.15, 0.2) is 29.2 Å². The van der Waals surface area contributed by atoms with Crippen molar-refractivity contribution in [2.24, 2.45) is 0 Å². The smallest absolute Gasteiger partial charge is 0.394 e. The molecule has 1 rings (SSSR count). The maximum Gasteiger partial charge on any atom is 0.484 e. The third kappa shape index (κ3) is 4.61. The Kier molecular flexibility index (Phi) is 5.64. The molecule has 0 bridgehead atoms. The molecule has 3 nitrogen and oxygen atoms in total. The van der Waals surface area contributed by atoms with E-state index >= 15 is 0 Å². The van der Waals surface area contributed by atoms with E-state index in [0.29, 0.717) is 0 Å². The topological polar surface area (TPSA) is 43.4 Å². The van der Waals surface area contributed by atoms with E-state index in [1.165, 1.54) is 0 Å². The quantitative estimate of drug-likeness (QED) is 0.778. The summed E-state index contributed by atoms with van der Waals surface area (Å²) in [7, 11) is -3.58. The molecule has 0 spiro atoms. The van der Waals surface area contributed by atoms with E-state index < -0.39 is 24.6 Å². The summed E-state index contributed by atoms with van der Waals surface area (Å²) in [5.41, 5.74) is 1.14. The van der Waals surface area contributed by atoms with Gasteiger partial charge in [0.25, 0.3) is 10.1 Å². The van der Waals surface area contributed by atoms with Crippen molar-refractivity contribution >= 4 is 24.6 Å². The minimum Gasteiger partial charge on any atom is -0.394 e. The van der Waals surface area contributed by atoms with E-state index in [9.17, 15) is 8.42 Å². The van der Waals surface area contributed by atoms with Gasteiger partial charge in [-0.15, -0.1) is 0 Å². The van der Waals surface area contributed by atoms with Gasteiger partial charge in [0.15, 0.2) is 0 Å². The highest BCUT2D eigenvalue weighted by atomic mass is 32.2. The maximum atomic E-state index is 12.1. The van der Waals surface area contributed by atoms with Crippen LogP contribution >= 0.6 is 0 Å². The lowest BCUT2D eigenvalue weighted by molar-refractivity contribution is 0.489. The van der Waals surface area contributed by atoms with E-state index in [1.54, 1.807) is 12.1 Å². The van der Waals surface area contributed by atoms with E-state index in [2.05, 4.69) is 20.8 Å². The molecule has 0 aliphatic carbocycles. The van der Waals surface area contributed by atoms with Crippen molar-refractivity contribution in [1.82, 2.24) is 0 Å². The summed E-state index contributed by atoms with van der Waals surface area (Å²) in [5.74, 6) is 0. The van der Waals surface area contributed by atoms with Gasteiger partial charge in [-0.3, -0.25) is 0 Å².